The van der Waals surface area contributed by atoms with Crippen LogP contribution in [0.2, 0.25) is 0 Å². The summed E-state index contributed by atoms with van der Waals surface area (Å²) in [5.41, 5.74) is 0. The Hall–Kier alpha value is 0.790. The Morgan fingerprint density at radius 3 is 1.60 bits per heavy atom. The van der Waals surface area contributed by atoms with Gasteiger partial charge in [-0.1, -0.05) is 0 Å². The molecule has 30 valence electrons. The molecule has 0 aliphatic heterocycles. The van der Waals surface area contributed by atoms with E-state index < -0.39 is 23.8 Å². The first kappa shape index (κ1) is 5.79. The standard InChI is InChI=1S/2CH3O.Hf/c2*1-2;/h2*1H3;/q2*-1;+2. The third kappa shape index (κ3) is 4.79. The van der Waals surface area contributed by atoms with Gasteiger partial charge in [-0.3, -0.25) is 0 Å². The van der Waals surface area contributed by atoms with Gasteiger partial charge >= 0.3 is 43.7 Å². The normalized spacial score (nSPS) is 7.60. The van der Waals surface area contributed by atoms with Crippen LogP contribution in [0.15, 0.2) is 0 Å². The molecule has 0 aromatic heterocycles. The van der Waals surface area contributed by atoms with Gasteiger partial charge in [-0.2, -0.15) is 0 Å². The topological polar surface area (TPSA) is 18.5 Å². The van der Waals surface area contributed by atoms with Crippen LogP contribution in [-0.2, 0) is 29.5 Å². The number of rotatable bonds is 2. The van der Waals surface area contributed by atoms with Gasteiger partial charge in [0.05, 0.1) is 0 Å². The molecular formula is C2H6HfO2. The first-order chi connectivity index (χ1) is 2.41. The molecule has 0 spiro atoms. The third-order valence-electron chi connectivity index (χ3n) is 0.167. The predicted molar refractivity (Wildman–Crippen MR) is 14.0 cm³/mol. The maximum absolute atomic E-state index is 4.66. The van der Waals surface area contributed by atoms with E-state index in [2.05, 4.69) is 5.71 Å². The minimum atomic E-state index is -0.951. The molecular weight excluding hydrogens is 235 g/mol. The number of hydrogen-bond donors (Lipinski definition) is 0. The third-order valence-corrected chi connectivity index (χ3v) is 1.36. The van der Waals surface area contributed by atoms with Gasteiger partial charge in [0.2, 0.25) is 0 Å². The van der Waals surface area contributed by atoms with Crippen molar-refractivity contribution in [1.29, 1.82) is 0 Å². The molecule has 0 fully saturated rings. The maximum atomic E-state index is 4.66. The van der Waals surface area contributed by atoms with Crippen molar-refractivity contribution >= 4 is 0 Å². The van der Waals surface area contributed by atoms with E-state index in [0.29, 0.717) is 0 Å². The van der Waals surface area contributed by atoms with Gasteiger partial charge in [0.15, 0.2) is 0 Å². The molecule has 0 heterocycles. The Balaban J connectivity index is 2.19. The van der Waals surface area contributed by atoms with E-state index in [1.807, 2.05) is 0 Å². The van der Waals surface area contributed by atoms with Gasteiger partial charge in [0, 0.05) is 0 Å². The van der Waals surface area contributed by atoms with Gasteiger partial charge in [0.25, 0.3) is 0 Å². The van der Waals surface area contributed by atoms with Crippen LogP contribution in [0.5, 0.6) is 0 Å². The second-order valence-electron chi connectivity index (χ2n) is 0.492. The van der Waals surface area contributed by atoms with Gasteiger partial charge in [0.1, 0.15) is 0 Å². The molecule has 0 amide bonds. The Kier molecular flexibility index (Phi) is 5.55. The molecule has 5 heavy (non-hydrogen) atoms. The summed E-state index contributed by atoms with van der Waals surface area (Å²) >= 11 is -0.951. The van der Waals surface area contributed by atoms with Crippen molar-refractivity contribution in [3.8, 4) is 0 Å². The van der Waals surface area contributed by atoms with Crippen molar-refractivity contribution in [2.24, 2.45) is 0 Å². The van der Waals surface area contributed by atoms with Crippen LogP contribution < -0.4 is 0 Å². The fourth-order valence-corrected chi connectivity index (χ4v) is 0.682. The summed E-state index contributed by atoms with van der Waals surface area (Å²) < 4.78 is 9.33. The molecule has 0 aliphatic rings. The van der Waals surface area contributed by atoms with Crippen LogP contribution in [0.3, 0.4) is 0 Å². The summed E-state index contributed by atoms with van der Waals surface area (Å²) in [6.45, 7) is 0. The molecule has 0 N–H and O–H groups in total. The zero-order chi connectivity index (χ0) is 4.12. The molecule has 3 heteroatoms. The summed E-state index contributed by atoms with van der Waals surface area (Å²) in [6, 6.07) is 0. The summed E-state index contributed by atoms with van der Waals surface area (Å²) in [5, 5.41) is 0. The van der Waals surface area contributed by atoms with Crippen LogP contribution in [0, 0.1) is 0 Å². The van der Waals surface area contributed by atoms with Crippen molar-refractivity contribution < 1.29 is 29.5 Å². The van der Waals surface area contributed by atoms with E-state index in [1.165, 1.54) is 0 Å². The average Bonchev–Trinajstić information content (AvgIpc) is 1.41. The van der Waals surface area contributed by atoms with E-state index >= 15 is 0 Å². The van der Waals surface area contributed by atoms with Crippen molar-refractivity contribution in [2.75, 3.05) is 14.2 Å². The average molecular weight is 241 g/mol. The van der Waals surface area contributed by atoms with Crippen LogP contribution in [0.25, 0.3) is 0 Å². The Morgan fingerprint density at radius 2 is 1.60 bits per heavy atom. The Bertz CT molecular complexity index is 15.1. The summed E-state index contributed by atoms with van der Waals surface area (Å²) in [7, 11) is 3.35. The monoisotopic (exact) mass is 242 g/mol. The van der Waals surface area contributed by atoms with Crippen molar-refractivity contribution in [2.45, 2.75) is 0 Å². The fraction of sp³-hybridized carbons (Fsp3) is 1.00. The summed E-state index contributed by atoms with van der Waals surface area (Å²) in [4.78, 5) is 0. The first-order valence-electron chi connectivity index (χ1n) is 1.22. The fourth-order valence-electron chi connectivity index (χ4n) is 0.0833. The van der Waals surface area contributed by atoms with E-state index in [0.717, 1.165) is 0 Å². The molecule has 0 saturated heterocycles. The molecule has 0 aliphatic carbocycles. The van der Waals surface area contributed by atoms with Crippen molar-refractivity contribution in [3.05, 3.63) is 0 Å². The molecule has 0 unspecified atom stereocenters. The van der Waals surface area contributed by atoms with E-state index in [9.17, 15) is 0 Å². The van der Waals surface area contributed by atoms with Crippen molar-refractivity contribution in [3.63, 3.8) is 0 Å². The van der Waals surface area contributed by atoms with E-state index in [1.54, 1.807) is 14.2 Å². The number of hydrogen-bond acceptors (Lipinski definition) is 2. The molecule has 0 aromatic carbocycles. The van der Waals surface area contributed by atoms with Gasteiger partial charge < -0.3 is 0 Å². The first-order valence-corrected chi connectivity index (χ1v) is 4.16. The zero-order valence-corrected chi connectivity index (χ0v) is 6.91. The predicted octanol–water partition coefficient (Wildman–Crippen LogP) is 0.192. The quantitative estimate of drug-likeness (QED) is 0.642. The SMILES string of the molecule is C[O][Hf][O]C. The van der Waals surface area contributed by atoms with E-state index in [4.69, 9.17) is 0 Å². The molecule has 2 nitrogen and oxygen atoms in total. The zero-order valence-electron chi connectivity index (χ0n) is 3.32. The van der Waals surface area contributed by atoms with Crippen LogP contribution in [0.1, 0.15) is 0 Å². The Labute approximate surface area is 44.0 Å². The summed E-state index contributed by atoms with van der Waals surface area (Å²) in [6.07, 6.45) is 0. The van der Waals surface area contributed by atoms with E-state index in [-0.39, 0.29) is 0 Å². The van der Waals surface area contributed by atoms with Crippen LogP contribution in [0.4, 0.5) is 0 Å². The molecule has 0 radical (unpaired) electrons. The second kappa shape index (κ2) is 4.79. The molecule has 0 aromatic rings. The van der Waals surface area contributed by atoms with Crippen LogP contribution in [-0.4, -0.2) is 14.2 Å². The minimum absolute atomic E-state index is 0.951. The molecule has 0 atom stereocenters. The van der Waals surface area contributed by atoms with Gasteiger partial charge in [-0.25, -0.2) is 0 Å². The molecule has 0 saturated carbocycles. The van der Waals surface area contributed by atoms with Crippen LogP contribution >= 0.6 is 0 Å². The molecule has 0 rings (SSSR count). The second-order valence-corrected chi connectivity index (χ2v) is 4.02. The Morgan fingerprint density at radius 1 is 1.20 bits per heavy atom. The van der Waals surface area contributed by atoms with Gasteiger partial charge in [-0.05, 0) is 0 Å². The van der Waals surface area contributed by atoms with Gasteiger partial charge in [-0.15, -0.1) is 0 Å². The van der Waals surface area contributed by atoms with Crippen molar-refractivity contribution in [1.82, 2.24) is 0 Å². The molecule has 0 bridgehead atoms. The summed E-state index contributed by atoms with van der Waals surface area (Å²) in [5.74, 6) is 0.